The summed E-state index contributed by atoms with van der Waals surface area (Å²) in [5, 5.41) is 0. The van der Waals surface area contributed by atoms with E-state index in [0.717, 1.165) is 65.3 Å². The normalized spacial score (nSPS) is 22.3. The van der Waals surface area contributed by atoms with Gasteiger partial charge in [0.15, 0.2) is 0 Å². The lowest BCUT2D eigenvalue weighted by Crippen LogP contribution is -2.44. The number of rotatable bonds is 5. The smallest absolute Gasteiger partial charge is 0.232 e. The second-order valence-corrected chi connectivity index (χ2v) is 5.66. The van der Waals surface area contributed by atoms with Crippen LogP contribution in [0.1, 0.15) is 12.8 Å². The van der Waals surface area contributed by atoms with Crippen LogP contribution in [0.2, 0.25) is 0 Å². The van der Waals surface area contributed by atoms with Gasteiger partial charge in [-0.1, -0.05) is 0 Å². The maximum absolute atomic E-state index is 5.87. The standard InChI is InChI=1S/C15H24N4O2/c1-5-18(7-8-19-9-11-20-12-10-19)6-2-14(1)21-15-13-16-3-4-17-15/h3-4,13-14H,1-2,5-12H2. The Hall–Kier alpha value is -1.24. The number of hydrogen-bond donors (Lipinski definition) is 0. The van der Waals surface area contributed by atoms with E-state index in [1.54, 1.807) is 18.6 Å². The van der Waals surface area contributed by atoms with Crippen molar-refractivity contribution >= 4 is 0 Å². The van der Waals surface area contributed by atoms with E-state index in [-0.39, 0.29) is 6.10 Å². The lowest BCUT2D eigenvalue weighted by molar-refractivity contribution is 0.0287. The van der Waals surface area contributed by atoms with Crippen molar-refractivity contribution in [1.82, 2.24) is 19.8 Å². The average molecular weight is 292 g/mol. The van der Waals surface area contributed by atoms with Gasteiger partial charge in [0.05, 0.1) is 19.4 Å². The Morgan fingerprint density at radius 2 is 1.76 bits per heavy atom. The molecule has 0 radical (unpaired) electrons. The largest absolute Gasteiger partial charge is 0.473 e. The van der Waals surface area contributed by atoms with Crippen LogP contribution in [0, 0.1) is 0 Å². The molecule has 0 unspecified atom stereocenters. The summed E-state index contributed by atoms with van der Waals surface area (Å²) in [5.74, 6) is 0.643. The van der Waals surface area contributed by atoms with Gasteiger partial charge in [-0.05, 0) is 12.8 Å². The zero-order valence-electron chi connectivity index (χ0n) is 12.5. The molecule has 0 spiro atoms. The summed E-state index contributed by atoms with van der Waals surface area (Å²) in [7, 11) is 0. The van der Waals surface area contributed by atoms with Gasteiger partial charge >= 0.3 is 0 Å². The van der Waals surface area contributed by atoms with Gasteiger partial charge in [0.2, 0.25) is 5.88 Å². The number of likely N-dealkylation sites (tertiary alicyclic amines) is 1. The van der Waals surface area contributed by atoms with Crippen LogP contribution in [0.4, 0.5) is 0 Å². The van der Waals surface area contributed by atoms with Crippen LogP contribution in [0.3, 0.4) is 0 Å². The molecule has 0 bridgehead atoms. The molecule has 1 aromatic heterocycles. The predicted octanol–water partition coefficient (Wildman–Crippen LogP) is 0.652. The molecule has 2 aliphatic heterocycles. The molecule has 2 saturated heterocycles. The van der Waals surface area contributed by atoms with Crippen molar-refractivity contribution in [2.75, 3.05) is 52.5 Å². The summed E-state index contributed by atoms with van der Waals surface area (Å²) in [4.78, 5) is 13.2. The number of piperidine rings is 1. The first-order chi connectivity index (χ1) is 10.4. The Labute approximate surface area is 126 Å². The fourth-order valence-electron chi connectivity index (χ4n) is 2.88. The van der Waals surface area contributed by atoms with Crippen molar-refractivity contribution < 1.29 is 9.47 Å². The lowest BCUT2D eigenvalue weighted by atomic mass is 10.1. The van der Waals surface area contributed by atoms with Gasteiger partial charge in [0, 0.05) is 51.7 Å². The molecule has 2 fully saturated rings. The van der Waals surface area contributed by atoms with Crippen LogP contribution in [0.25, 0.3) is 0 Å². The molecule has 116 valence electrons. The molecule has 0 aromatic carbocycles. The van der Waals surface area contributed by atoms with Gasteiger partial charge in [0.25, 0.3) is 0 Å². The van der Waals surface area contributed by atoms with E-state index < -0.39 is 0 Å². The summed E-state index contributed by atoms with van der Waals surface area (Å²) in [6.45, 7) is 8.43. The summed E-state index contributed by atoms with van der Waals surface area (Å²) in [5.41, 5.74) is 0. The number of nitrogens with zero attached hydrogens (tertiary/aromatic N) is 4. The molecule has 0 amide bonds. The fraction of sp³-hybridized carbons (Fsp3) is 0.733. The predicted molar refractivity (Wildman–Crippen MR) is 79.4 cm³/mol. The number of hydrogen-bond acceptors (Lipinski definition) is 6. The molecule has 0 saturated carbocycles. The van der Waals surface area contributed by atoms with Gasteiger partial charge in [-0.15, -0.1) is 0 Å². The number of morpholine rings is 1. The van der Waals surface area contributed by atoms with Crippen LogP contribution >= 0.6 is 0 Å². The van der Waals surface area contributed by atoms with Crippen LogP contribution < -0.4 is 4.74 Å². The monoisotopic (exact) mass is 292 g/mol. The summed E-state index contributed by atoms with van der Waals surface area (Å²) in [6, 6.07) is 0. The fourth-order valence-corrected chi connectivity index (χ4v) is 2.88. The molecule has 2 aliphatic rings. The van der Waals surface area contributed by atoms with Crippen LogP contribution in [-0.2, 0) is 4.74 Å². The van der Waals surface area contributed by atoms with Crippen molar-refractivity contribution in [2.24, 2.45) is 0 Å². The third-order valence-corrected chi connectivity index (χ3v) is 4.20. The molecule has 0 atom stereocenters. The topological polar surface area (TPSA) is 50.7 Å². The Morgan fingerprint density at radius 1 is 1.05 bits per heavy atom. The zero-order chi connectivity index (χ0) is 14.3. The van der Waals surface area contributed by atoms with E-state index in [2.05, 4.69) is 19.8 Å². The molecule has 6 heteroatoms. The summed E-state index contributed by atoms with van der Waals surface area (Å²) >= 11 is 0. The average Bonchev–Trinajstić information content (AvgIpc) is 2.56. The third-order valence-electron chi connectivity index (χ3n) is 4.20. The maximum atomic E-state index is 5.87. The highest BCUT2D eigenvalue weighted by molar-refractivity contribution is 5.02. The van der Waals surface area contributed by atoms with Crippen molar-refractivity contribution in [3.05, 3.63) is 18.6 Å². The summed E-state index contributed by atoms with van der Waals surface area (Å²) in [6.07, 6.45) is 7.44. The summed E-state index contributed by atoms with van der Waals surface area (Å²) < 4.78 is 11.3. The molecular weight excluding hydrogens is 268 g/mol. The highest BCUT2D eigenvalue weighted by Crippen LogP contribution is 2.16. The third kappa shape index (κ3) is 4.62. The molecule has 21 heavy (non-hydrogen) atoms. The highest BCUT2D eigenvalue weighted by Gasteiger charge is 2.21. The minimum absolute atomic E-state index is 0.279. The van der Waals surface area contributed by atoms with Crippen molar-refractivity contribution in [2.45, 2.75) is 18.9 Å². The van der Waals surface area contributed by atoms with Gasteiger partial charge in [-0.2, -0.15) is 0 Å². The Kier molecular flexibility index (Phi) is 5.37. The van der Waals surface area contributed by atoms with Crippen molar-refractivity contribution in [1.29, 1.82) is 0 Å². The number of ether oxygens (including phenoxy) is 2. The van der Waals surface area contributed by atoms with E-state index in [1.807, 2.05) is 0 Å². The van der Waals surface area contributed by atoms with Crippen molar-refractivity contribution in [3.8, 4) is 5.88 Å². The van der Waals surface area contributed by atoms with E-state index in [9.17, 15) is 0 Å². The molecule has 3 heterocycles. The Morgan fingerprint density at radius 3 is 2.43 bits per heavy atom. The maximum Gasteiger partial charge on any atom is 0.232 e. The molecule has 0 aliphatic carbocycles. The Bertz CT molecular complexity index is 403. The van der Waals surface area contributed by atoms with E-state index in [1.165, 1.54) is 0 Å². The molecule has 1 aromatic rings. The minimum atomic E-state index is 0.279. The quantitative estimate of drug-likeness (QED) is 0.794. The Balaban J connectivity index is 1.35. The van der Waals surface area contributed by atoms with Gasteiger partial charge in [-0.3, -0.25) is 9.88 Å². The molecule has 0 N–H and O–H groups in total. The minimum Gasteiger partial charge on any atom is -0.473 e. The highest BCUT2D eigenvalue weighted by atomic mass is 16.5. The van der Waals surface area contributed by atoms with Gasteiger partial charge in [-0.25, -0.2) is 4.98 Å². The molecular formula is C15H24N4O2. The number of aromatic nitrogens is 2. The SMILES string of the molecule is c1cnc(OC2CCN(CCN3CCOCC3)CC2)cn1. The lowest BCUT2D eigenvalue weighted by Gasteiger charge is -2.34. The van der Waals surface area contributed by atoms with Gasteiger partial charge in [0.1, 0.15) is 6.10 Å². The van der Waals surface area contributed by atoms with Crippen LogP contribution in [0.5, 0.6) is 5.88 Å². The molecule has 3 rings (SSSR count). The first-order valence-electron chi connectivity index (χ1n) is 7.85. The van der Waals surface area contributed by atoms with Crippen LogP contribution in [-0.4, -0.2) is 78.4 Å². The first kappa shape index (κ1) is 14.7. The van der Waals surface area contributed by atoms with Gasteiger partial charge < -0.3 is 14.4 Å². The first-order valence-corrected chi connectivity index (χ1v) is 7.85. The second-order valence-electron chi connectivity index (χ2n) is 5.66. The van der Waals surface area contributed by atoms with Crippen molar-refractivity contribution in [3.63, 3.8) is 0 Å². The zero-order valence-corrected chi connectivity index (χ0v) is 12.5. The molecule has 6 nitrogen and oxygen atoms in total. The van der Waals surface area contributed by atoms with E-state index in [4.69, 9.17) is 9.47 Å². The van der Waals surface area contributed by atoms with Crippen LogP contribution in [0.15, 0.2) is 18.6 Å². The van der Waals surface area contributed by atoms with E-state index >= 15 is 0 Å². The van der Waals surface area contributed by atoms with E-state index in [0.29, 0.717) is 5.88 Å². The second kappa shape index (κ2) is 7.68.